The van der Waals surface area contributed by atoms with Crippen LogP contribution in [0.1, 0.15) is 21.8 Å². The van der Waals surface area contributed by atoms with E-state index in [0.29, 0.717) is 29.6 Å². The summed E-state index contributed by atoms with van der Waals surface area (Å²) in [5.41, 5.74) is 2.56. The maximum atomic E-state index is 12.6. The van der Waals surface area contributed by atoms with E-state index in [1.807, 2.05) is 31.2 Å². The maximum absolute atomic E-state index is 12.6. The van der Waals surface area contributed by atoms with Crippen LogP contribution in [0.5, 0.6) is 5.75 Å². The molecule has 1 aromatic heterocycles. The Labute approximate surface area is 158 Å². The van der Waals surface area contributed by atoms with Crippen molar-refractivity contribution in [2.24, 2.45) is 0 Å². The molecule has 0 spiro atoms. The van der Waals surface area contributed by atoms with E-state index in [2.05, 4.69) is 16.7 Å². The van der Waals surface area contributed by atoms with Crippen molar-refractivity contribution in [1.29, 1.82) is 0 Å². The summed E-state index contributed by atoms with van der Waals surface area (Å²) in [5, 5.41) is 4.00. The van der Waals surface area contributed by atoms with E-state index < -0.39 is 0 Å². The van der Waals surface area contributed by atoms with E-state index in [0.717, 1.165) is 11.1 Å². The lowest BCUT2D eigenvalue weighted by atomic mass is 10.1. The Balaban J connectivity index is 1.68. The standard InChI is InChI=1S/C21H21N3O3/c1-4-12-26-18-7-5-6-17(13-18)21(25)24(3)14-19-22-20(23-27-19)16-10-8-15(2)9-11-16/h4-11,13H,1,12,14H2,2-3H3. The molecule has 0 radical (unpaired) electrons. The average molecular weight is 363 g/mol. The molecule has 6 heteroatoms. The summed E-state index contributed by atoms with van der Waals surface area (Å²) in [6.07, 6.45) is 1.65. The number of rotatable bonds is 7. The molecule has 3 aromatic rings. The van der Waals surface area contributed by atoms with Gasteiger partial charge in [0.05, 0.1) is 6.54 Å². The van der Waals surface area contributed by atoms with Crippen LogP contribution in [0.15, 0.2) is 65.7 Å². The van der Waals surface area contributed by atoms with Gasteiger partial charge in [0.25, 0.3) is 5.91 Å². The SMILES string of the molecule is C=CCOc1cccc(C(=O)N(C)Cc2nc(-c3ccc(C)cc3)no2)c1. The van der Waals surface area contributed by atoms with Crippen LogP contribution in [0.2, 0.25) is 0 Å². The van der Waals surface area contributed by atoms with Gasteiger partial charge in [-0.25, -0.2) is 0 Å². The Hall–Kier alpha value is -3.41. The molecule has 3 rings (SSSR count). The molecule has 2 aromatic carbocycles. The monoisotopic (exact) mass is 363 g/mol. The number of carbonyl (C=O) groups is 1. The van der Waals surface area contributed by atoms with Gasteiger partial charge in [0.1, 0.15) is 12.4 Å². The minimum absolute atomic E-state index is 0.158. The molecule has 0 aliphatic heterocycles. The van der Waals surface area contributed by atoms with E-state index in [-0.39, 0.29) is 12.5 Å². The molecular formula is C21H21N3O3. The van der Waals surface area contributed by atoms with Crippen LogP contribution in [-0.2, 0) is 6.54 Å². The summed E-state index contributed by atoms with van der Waals surface area (Å²) in [7, 11) is 1.69. The van der Waals surface area contributed by atoms with Gasteiger partial charge in [-0.3, -0.25) is 4.79 Å². The minimum atomic E-state index is -0.158. The fraction of sp³-hybridized carbons (Fsp3) is 0.190. The normalized spacial score (nSPS) is 10.4. The summed E-state index contributed by atoms with van der Waals surface area (Å²) in [6, 6.07) is 14.9. The largest absolute Gasteiger partial charge is 0.490 e. The molecule has 27 heavy (non-hydrogen) atoms. The third-order valence-corrected chi connectivity index (χ3v) is 3.95. The second-order valence-electron chi connectivity index (χ2n) is 6.17. The van der Waals surface area contributed by atoms with Crippen molar-refractivity contribution in [3.63, 3.8) is 0 Å². The highest BCUT2D eigenvalue weighted by atomic mass is 16.5. The minimum Gasteiger partial charge on any atom is -0.490 e. The topological polar surface area (TPSA) is 68.5 Å². The highest BCUT2D eigenvalue weighted by molar-refractivity contribution is 5.94. The molecule has 0 saturated heterocycles. The molecule has 0 unspecified atom stereocenters. The van der Waals surface area contributed by atoms with Gasteiger partial charge in [-0.05, 0) is 25.1 Å². The van der Waals surface area contributed by atoms with Crippen LogP contribution >= 0.6 is 0 Å². The van der Waals surface area contributed by atoms with Gasteiger partial charge < -0.3 is 14.2 Å². The van der Waals surface area contributed by atoms with Gasteiger partial charge in [-0.1, -0.05) is 53.7 Å². The van der Waals surface area contributed by atoms with Crippen LogP contribution in [-0.4, -0.2) is 34.6 Å². The van der Waals surface area contributed by atoms with Crippen LogP contribution in [0, 0.1) is 6.92 Å². The van der Waals surface area contributed by atoms with Crippen LogP contribution in [0.3, 0.4) is 0 Å². The Morgan fingerprint density at radius 1 is 1.26 bits per heavy atom. The van der Waals surface area contributed by atoms with Gasteiger partial charge in [0.15, 0.2) is 0 Å². The zero-order valence-electron chi connectivity index (χ0n) is 15.4. The molecule has 0 aliphatic carbocycles. The molecule has 0 bridgehead atoms. The number of hydrogen-bond acceptors (Lipinski definition) is 5. The molecule has 0 fully saturated rings. The summed E-state index contributed by atoms with van der Waals surface area (Å²) in [5.74, 6) is 1.34. The van der Waals surface area contributed by atoms with E-state index in [1.54, 1.807) is 37.4 Å². The molecular weight excluding hydrogens is 342 g/mol. The van der Waals surface area contributed by atoms with Crippen molar-refractivity contribution in [3.05, 3.63) is 78.2 Å². The van der Waals surface area contributed by atoms with Gasteiger partial charge in [-0.2, -0.15) is 4.98 Å². The molecule has 0 aliphatic rings. The van der Waals surface area contributed by atoms with Gasteiger partial charge in [0, 0.05) is 18.2 Å². The molecule has 0 N–H and O–H groups in total. The third-order valence-electron chi connectivity index (χ3n) is 3.95. The zero-order chi connectivity index (χ0) is 19.2. The van der Waals surface area contributed by atoms with Crippen LogP contribution in [0.25, 0.3) is 11.4 Å². The lowest BCUT2D eigenvalue weighted by Gasteiger charge is -2.15. The van der Waals surface area contributed by atoms with Crippen molar-refractivity contribution in [1.82, 2.24) is 15.0 Å². The first kappa shape index (κ1) is 18.4. The lowest BCUT2D eigenvalue weighted by Crippen LogP contribution is -2.26. The summed E-state index contributed by atoms with van der Waals surface area (Å²) < 4.78 is 10.8. The predicted molar refractivity (Wildman–Crippen MR) is 102 cm³/mol. The van der Waals surface area contributed by atoms with Crippen molar-refractivity contribution in [2.75, 3.05) is 13.7 Å². The van der Waals surface area contributed by atoms with Crippen molar-refractivity contribution in [3.8, 4) is 17.1 Å². The van der Waals surface area contributed by atoms with Gasteiger partial charge >= 0.3 is 0 Å². The first-order chi connectivity index (χ1) is 13.1. The Morgan fingerprint density at radius 2 is 2.04 bits per heavy atom. The maximum Gasteiger partial charge on any atom is 0.254 e. The number of hydrogen-bond donors (Lipinski definition) is 0. The van der Waals surface area contributed by atoms with Crippen molar-refractivity contribution >= 4 is 5.91 Å². The first-order valence-corrected chi connectivity index (χ1v) is 8.55. The van der Waals surface area contributed by atoms with E-state index >= 15 is 0 Å². The number of benzene rings is 2. The number of aryl methyl sites for hydroxylation is 1. The highest BCUT2D eigenvalue weighted by Crippen LogP contribution is 2.18. The highest BCUT2D eigenvalue weighted by Gasteiger charge is 2.16. The number of ether oxygens (including phenoxy) is 1. The summed E-state index contributed by atoms with van der Waals surface area (Å²) in [6.45, 7) is 6.23. The number of aromatic nitrogens is 2. The van der Waals surface area contributed by atoms with E-state index in [9.17, 15) is 4.79 Å². The Morgan fingerprint density at radius 3 is 2.78 bits per heavy atom. The molecule has 0 saturated carbocycles. The second-order valence-corrected chi connectivity index (χ2v) is 6.17. The Bertz CT molecular complexity index is 932. The first-order valence-electron chi connectivity index (χ1n) is 8.55. The number of amides is 1. The summed E-state index contributed by atoms with van der Waals surface area (Å²) in [4.78, 5) is 18.6. The molecule has 6 nitrogen and oxygen atoms in total. The second kappa shape index (κ2) is 8.31. The van der Waals surface area contributed by atoms with Crippen LogP contribution < -0.4 is 4.74 Å². The van der Waals surface area contributed by atoms with Gasteiger partial charge in [-0.15, -0.1) is 0 Å². The number of carbonyl (C=O) groups excluding carboxylic acids is 1. The molecule has 1 amide bonds. The molecule has 0 atom stereocenters. The summed E-state index contributed by atoms with van der Waals surface area (Å²) >= 11 is 0. The Kier molecular flexibility index (Phi) is 5.66. The van der Waals surface area contributed by atoms with Gasteiger partial charge in [0.2, 0.25) is 11.7 Å². The van der Waals surface area contributed by atoms with Crippen molar-refractivity contribution < 1.29 is 14.1 Å². The average Bonchev–Trinajstić information content (AvgIpc) is 3.15. The van der Waals surface area contributed by atoms with E-state index in [1.165, 1.54) is 4.90 Å². The smallest absolute Gasteiger partial charge is 0.254 e. The molecule has 138 valence electrons. The van der Waals surface area contributed by atoms with Crippen molar-refractivity contribution in [2.45, 2.75) is 13.5 Å². The quantitative estimate of drug-likeness (QED) is 0.596. The lowest BCUT2D eigenvalue weighted by molar-refractivity contribution is 0.0769. The number of nitrogens with zero attached hydrogens (tertiary/aromatic N) is 3. The zero-order valence-corrected chi connectivity index (χ0v) is 15.4. The predicted octanol–water partition coefficient (Wildman–Crippen LogP) is 3.88. The van der Waals surface area contributed by atoms with E-state index in [4.69, 9.17) is 9.26 Å². The molecule has 1 heterocycles. The van der Waals surface area contributed by atoms with Crippen LogP contribution in [0.4, 0.5) is 0 Å². The fourth-order valence-corrected chi connectivity index (χ4v) is 2.51. The fourth-order valence-electron chi connectivity index (χ4n) is 2.51. The third kappa shape index (κ3) is 4.61.